The van der Waals surface area contributed by atoms with Crippen LogP contribution in [0.15, 0.2) is 54.6 Å². The van der Waals surface area contributed by atoms with E-state index in [0.717, 1.165) is 93.0 Å². The molecule has 3 aromatic carbocycles. The maximum absolute atomic E-state index is 11.5. The Kier molecular flexibility index (Phi) is 28.0. The Morgan fingerprint density at radius 3 is 1.49 bits per heavy atom. The van der Waals surface area contributed by atoms with Gasteiger partial charge in [0, 0.05) is 25.7 Å². The minimum absolute atomic E-state index is 0. The molecule has 2 radical (unpaired) electrons. The van der Waals surface area contributed by atoms with E-state index in [-0.39, 0.29) is 50.4 Å². The molecule has 0 saturated carbocycles. The number of carbonyl (C=O) groups is 5. The van der Waals surface area contributed by atoms with Crippen LogP contribution in [0, 0.1) is 0 Å². The summed E-state index contributed by atoms with van der Waals surface area (Å²) in [7, 11) is 6.95. The van der Waals surface area contributed by atoms with Gasteiger partial charge in [0.2, 0.25) is 11.8 Å². The van der Waals surface area contributed by atoms with E-state index in [0.29, 0.717) is 50.3 Å². The fraction of sp³-hybridized carbons (Fsp3) is 0.521. The van der Waals surface area contributed by atoms with Crippen molar-refractivity contribution < 1.29 is 57.1 Å². The molecular formula is C48H67BBrN3O12. The Morgan fingerprint density at radius 2 is 1.08 bits per heavy atom. The Morgan fingerprint density at radius 1 is 0.646 bits per heavy atom. The summed E-state index contributed by atoms with van der Waals surface area (Å²) in [6.45, 7) is 10.6. The molecule has 356 valence electrons. The fourth-order valence-electron chi connectivity index (χ4n) is 6.61. The number of esters is 3. The Bertz CT molecular complexity index is 1930. The molecule has 0 spiro atoms. The second-order valence-electron chi connectivity index (χ2n) is 14.5. The van der Waals surface area contributed by atoms with Crippen LogP contribution in [0.1, 0.15) is 74.4 Å². The van der Waals surface area contributed by atoms with Gasteiger partial charge in [-0.25, -0.2) is 9.59 Å². The molecule has 0 bridgehead atoms. The lowest BCUT2D eigenvalue weighted by molar-refractivity contribution is -0.146. The second kappa shape index (κ2) is 32.5. The molecule has 1 saturated heterocycles. The van der Waals surface area contributed by atoms with Gasteiger partial charge in [-0.3, -0.25) is 14.4 Å². The highest BCUT2D eigenvalue weighted by molar-refractivity contribution is 9.09. The molecule has 15 nitrogen and oxygen atoms in total. The lowest BCUT2D eigenvalue weighted by Gasteiger charge is -2.09. The van der Waals surface area contributed by atoms with E-state index in [1.54, 1.807) is 27.9 Å². The minimum atomic E-state index is -0.393. The maximum Gasteiger partial charge on any atom is 0.344 e. The average Bonchev–Trinajstić information content (AvgIpc) is 3.44. The van der Waals surface area contributed by atoms with Crippen LogP contribution in [0.5, 0.6) is 17.2 Å². The first-order valence-corrected chi connectivity index (χ1v) is 22.9. The molecule has 2 amide bonds. The van der Waals surface area contributed by atoms with Gasteiger partial charge in [0.15, 0.2) is 13.2 Å². The summed E-state index contributed by atoms with van der Waals surface area (Å²) < 4.78 is 35.0. The van der Waals surface area contributed by atoms with Crippen LogP contribution >= 0.6 is 15.9 Å². The highest BCUT2D eigenvalue weighted by atomic mass is 79.9. The van der Waals surface area contributed by atoms with Crippen LogP contribution in [-0.4, -0.2) is 122 Å². The zero-order chi connectivity index (χ0) is 46.5. The summed E-state index contributed by atoms with van der Waals surface area (Å²) in [6.07, 6.45) is 6.78. The van der Waals surface area contributed by atoms with Crippen molar-refractivity contribution in [3.8, 4) is 17.2 Å². The lowest BCUT2D eigenvalue weighted by atomic mass is 9.98. The van der Waals surface area contributed by atoms with Crippen molar-refractivity contribution in [3.05, 3.63) is 88.0 Å². The maximum atomic E-state index is 11.5. The third-order valence-electron chi connectivity index (χ3n) is 9.75. The smallest absolute Gasteiger partial charge is 0.344 e. The van der Waals surface area contributed by atoms with Gasteiger partial charge in [-0.05, 0) is 142 Å². The molecule has 4 heterocycles. The molecule has 1 unspecified atom stereocenters. The van der Waals surface area contributed by atoms with Crippen molar-refractivity contribution in [1.82, 2.24) is 16.0 Å². The van der Waals surface area contributed by atoms with Crippen LogP contribution in [0.3, 0.4) is 0 Å². The quantitative estimate of drug-likeness (QED) is 0.102. The molecule has 1 fully saturated rings. The van der Waals surface area contributed by atoms with E-state index in [1.807, 2.05) is 48.5 Å². The summed E-state index contributed by atoms with van der Waals surface area (Å²) in [6, 6.07) is 17.6. The van der Waals surface area contributed by atoms with Gasteiger partial charge in [0.1, 0.15) is 30.4 Å². The summed E-state index contributed by atoms with van der Waals surface area (Å²) in [5.41, 5.74) is 7.09. The van der Waals surface area contributed by atoms with Gasteiger partial charge in [0.25, 0.3) is 0 Å². The predicted molar refractivity (Wildman–Crippen MR) is 253 cm³/mol. The van der Waals surface area contributed by atoms with Crippen molar-refractivity contribution in [3.63, 3.8) is 0 Å². The van der Waals surface area contributed by atoms with Crippen molar-refractivity contribution >= 4 is 53.5 Å². The number of halogens is 1. The Balaban J connectivity index is 0.000000294. The fourth-order valence-corrected chi connectivity index (χ4v) is 6.78. The van der Waals surface area contributed by atoms with E-state index in [2.05, 4.69) is 42.7 Å². The van der Waals surface area contributed by atoms with E-state index < -0.39 is 5.97 Å². The van der Waals surface area contributed by atoms with Crippen LogP contribution in [0.2, 0.25) is 0 Å². The van der Waals surface area contributed by atoms with Gasteiger partial charge in [-0.15, -0.1) is 0 Å². The summed E-state index contributed by atoms with van der Waals surface area (Å²) in [4.78, 5) is 55.3. The van der Waals surface area contributed by atoms with Gasteiger partial charge < -0.3 is 49.1 Å². The first-order chi connectivity index (χ1) is 31.0. The molecule has 4 aliphatic heterocycles. The van der Waals surface area contributed by atoms with Crippen molar-refractivity contribution in [2.75, 3.05) is 78.3 Å². The highest BCUT2D eigenvalue weighted by Gasteiger charge is 2.16. The second-order valence-corrected chi connectivity index (χ2v) is 15.0. The minimum Gasteiger partial charge on any atom is -0.497 e. The molecule has 3 N–H and O–H groups in total. The number of alkyl halides is 1. The summed E-state index contributed by atoms with van der Waals surface area (Å²) in [5.74, 6) is 1.33. The Labute approximate surface area is 394 Å². The third-order valence-corrected chi connectivity index (χ3v) is 10.2. The number of ether oxygens (including phenoxy) is 7. The monoisotopic (exact) mass is 967 g/mol. The molecule has 3 aromatic rings. The predicted octanol–water partition coefficient (Wildman–Crippen LogP) is 4.94. The van der Waals surface area contributed by atoms with Gasteiger partial charge in [0.05, 0.1) is 39.8 Å². The largest absolute Gasteiger partial charge is 0.497 e. The number of benzene rings is 3. The van der Waals surface area contributed by atoms with Crippen molar-refractivity contribution in [2.45, 2.75) is 85.6 Å². The highest BCUT2D eigenvalue weighted by Crippen LogP contribution is 2.22. The molecule has 4 aliphatic rings. The zero-order valence-electron chi connectivity index (χ0n) is 37.6. The molecule has 7 rings (SSSR count). The van der Waals surface area contributed by atoms with Crippen LogP contribution < -0.4 is 30.2 Å². The third kappa shape index (κ3) is 22.6. The molecule has 1 atom stereocenters. The van der Waals surface area contributed by atoms with Crippen molar-refractivity contribution in [2.24, 2.45) is 0 Å². The lowest BCUT2D eigenvalue weighted by Crippen LogP contribution is -2.24. The standard InChI is InChI=1S/C14H17NO4.C14H19NO3.C11H13NO2.C4H7BO.C4H7BrO2.CH4/c1-2-18-14(17)9-19-12-4-3-10-5-6-15-13(16)8-11(10)7-12;1-2-17-14(16)10-18-13-4-3-11-5-7-15-8-6-12(11)9-13;1-14-10-3-2-8-4-5-12-11(13)7-9(8)6-10;5-4-2-1-3-6-4;1-2-7-4(6)3-5;/h3-4,7H,2,5-6,8-9H2,1H3,(H,15,16);3-4,9,15H,2,5-8,10H2,1H3;2-3,6H,4-5,7H2,1H3,(H,12,13);4H,1-3H2;2-3H2,1H3;1H4. The molecule has 0 aromatic heterocycles. The number of fused-ring (bicyclic) bond motifs is 3. The first kappa shape index (κ1) is 56.0. The van der Waals surface area contributed by atoms with E-state index in [4.69, 9.17) is 36.3 Å². The molecular weight excluding hydrogens is 901 g/mol. The van der Waals surface area contributed by atoms with Crippen LogP contribution in [0.25, 0.3) is 0 Å². The SMILES string of the molecule is C.CCOC(=O)CBr.CCOC(=O)COc1ccc2c(c1)CC(=O)NCC2.CCOC(=O)COc1ccc2c(c1)CCNCC2.COc1ccc2c(c1)CC(=O)NCC2.[B]C1CCCO1. The first-order valence-electron chi connectivity index (χ1n) is 21.8. The number of rotatable bonds is 11. The van der Waals surface area contributed by atoms with Gasteiger partial charge in [-0.2, -0.15) is 0 Å². The van der Waals surface area contributed by atoms with Gasteiger partial charge in [-0.1, -0.05) is 41.6 Å². The van der Waals surface area contributed by atoms with E-state index >= 15 is 0 Å². The number of nitrogens with one attached hydrogen (secondary N) is 3. The van der Waals surface area contributed by atoms with Crippen LogP contribution in [0.4, 0.5) is 0 Å². The molecule has 65 heavy (non-hydrogen) atoms. The van der Waals surface area contributed by atoms with Gasteiger partial charge >= 0.3 is 17.9 Å². The molecule has 17 heteroatoms. The average molecular weight is 969 g/mol. The Hall–Kier alpha value is -5.13. The molecule has 0 aliphatic carbocycles. The number of hydrogen-bond acceptors (Lipinski definition) is 13. The number of carbonyl (C=O) groups excluding carboxylic acids is 5. The zero-order valence-corrected chi connectivity index (χ0v) is 39.1. The number of amides is 2. The van der Waals surface area contributed by atoms with Crippen molar-refractivity contribution in [1.29, 1.82) is 0 Å². The topological polar surface area (TPSA) is 186 Å². The summed E-state index contributed by atoms with van der Waals surface area (Å²) in [5, 5.41) is 9.33. The van der Waals surface area contributed by atoms with Crippen LogP contribution in [-0.2, 0) is 81.4 Å². The normalized spacial score (nSPS) is 15.5. The van der Waals surface area contributed by atoms with E-state index in [1.165, 1.54) is 16.7 Å². The number of methoxy groups -OCH3 is 1. The van der Waals surface area contributed by atoms with E-state index in [9.17, 15) is 24.0 Å². The summed E-state index contributed by atoms with van der Waals surface area (Å²) >= 11 is 2.94. The number of hydrogen-bond donors (Lipinski definition) is 3.